The molecule has 0 aliphatic rings. The van der Waals surface area contributed by atoms with Gasteiger partial charge in [0.05, 0.1) is 13.1 Å². The van der Waals surface area contributed by atoms with Crippen LogP contribution >= 0.6 is 0 Å². The summed E-state index contributed by atoms with van der Waals surface area (Å²) in [5.74, 6) is 0.529. The molecule has 15 heavy (non-hydrogen) atoms. The maximum absolute atomic E-state index is 11.0. The van der Waals surface area contributed by atoms with E-state index in [1.807, 2.05) is 18.1 Å². The van der Waals surface area contributed by atoms with Gasteiger partial charge >= 0.3 is 0 Å². The number of nitrogens with two attached hydrogens (primary N) is 1. The second-order valence-corrected chi connectivity index (χ2v) is 3.41. The van der Waals surface area contributed by atoms with Gasteiger partial charge in [0, 0.05) is 19.8 Å². The normalized spacial score (nSPS) is 10.6. The number of nitrogens with one attached hydrogen (secondary N) is 1. The van der Waals surface area contributed by atoms with Crippen molar-refractivity contribution in [3.8, 4) is 0 Å². The highest BCUT2D eigenvalue weighted by Crippen LogP contribution is 1.95. The quantitative estimate of drug-likeness (QED) is 0.664. The third-order valence-corrected chi connectivity index (χ3v) is 2.06. The third-order valence-electron chi connectivity index (χ3n) is 2.06. The van der Waals surface area contributed by atoms with Gasteiger partial charge in [-0.1, -0.05) is 0 Å². The van der Waals surface area contributed by atoms with Crippen molar-refractivity contribution >= 4 is 11.7 Å². The van der Waals surface area contributed by atoms with Gasteiger partial charge in [0.25, 0.3) is 0 Å². The van der Waals surface area contributed by atoms with Gasteiger partial charge in [-0.15, -0.1) is 0 Å². The second-order valence-electron chi connectivity index (χ2n) is 3.41. The van der Waals surface area contributed by atoms with E-state index >= 15 is 0 Å². The zero-order valence-corrected chi connectivity index (χ0v) is 9.10. The van der Waals surface area contributed by atoms with Crippen LogP contribution in [0.4, 0.5) is 5.82 Å². The first-order chi connectivity index (χ1) is 7.11. The van der Waals surface area contributed by atoms with Gasteiger partial charge in [-0.2, -0.15) is 5.10 Å². The number of nitrogen functional groups attached to an aromatic ring is 1. The Hall–Kier alpha value is -1.56. The summed E-state index contributed by atoms with van der Waals surface area (Å²) in [7, 11) is 3.52. The number of anilines is 1. The monoisotopic (exact) mass is 211 g/mol. The fourth-order valence-electron chi connectivity index (χ4n) is 1.18. The molecule has 0 aromatic carbocycles. The van der Waals surface area contributed by atoms with E-state index in [-0.39, 0.29) is 5.91 Å². The fraction of sp³-hybridized carbons (Fsp3) is 0.556. The van der Waals surface area contributed by atoms with Crippen molar-refractivity contribution in [1.82, 2.24) is 20.0 Å². The predicted molar refractivity (Wildman–Crippen MR) is 58.2 cm³/mol. The van der Waals surface area contributed by atoms with Gasteiger partial charge in [0.2, 0.25) is 5.91 Å². The van der Waals surface area contributed by atoms with Crippen LogP contribution in [-0.4, -0.2) is 47.8 Å². The number of amides is 1. The first kappa shape index (κ1) is 11.5. The Morgan fingerprint density at radius 2 is 2.47 bits per heavy atom. The molecule has 1 rings (SSSR count). The Kier molecular flexibility index (Phi) is 4.11. The predicted octanol–water partition coefficient (Wildman–Crippen LogP) is -0.857. The van der Waals surface area contributed by atoms with E-state index in [1.54, 1.807) is 17.8 Å². The van der Waals surface area contributed by atoms with Crippen molar-refractivity contribution in [2.45, 2.75) is 6.54 Å². The van der Waals surface area contributed by atoms with Gasteiger partial charge < -0.3 is 11.1 Å². The Labute approximate surface area is 89.0 Å². The molecule has 0 unspecified atom stereocenters. The lowest BCUT2D eigenvalue weighted by Gasteiger charge is -2.14. The van der Waals surface area contributed by atoms with E-state index in [1.165, 1.54) is 0 Å². The van der Waals surface area contributed by atoms with E-state index in [9.17, 15) is 4.79 Å². The molecule has 1 amide bonds. The Balaban J connectivity index is 2.28. The third kappa shape index (κ3) is 3.99. The van der Waals surface area contributed by atoms with Crippen molar-refractivity contribution in [1.29, 1.82) is 0 Å². The molecule has 1 aromatic rings. The molecule has 0 saturated carbocycles. The van der Waals surface area contributed by atoms with Crippen molar-refractivity contribution < 1.29 is 4.79 Å². The molecule has 0 saturated heterocycles. The standard InChI is InChI=1S/C9H17N5O/c1-11-9(15)7-13(2)5-6-14-4-3-8(10)12-14/h3-4H,5-7H2,1-2H3,(H2,10,12)(H,11,15). The molecule has 3 N–H and O–H groups in total. The zero-order chi connectivity index (χ0) is 11.3. The van der Waals surface area contributed by atoms with E-state index < -0.39 is 0 Å². The molecule has 0 atom stereocenters. The minimum atomic E-state index is 0.0116. The lowest BCUT2D eigenvalue weighted by atomic mass is 10.5. The molecule has 1 aromatic heterocycles. The van der Waals surface area contributed by atoms with Crippen LogP contribution < -0.4 is 11.1 Å². The van der Waals surface area contributed by atoms with E-state index in [4.69, 9.17) is 5.73 Å². The first-order valence-electron chi connectivity index (χ1n) is 4.80. The van der Waals surface area contributed by atoms with E-state index in [0.29, 0.717) is 12.4 Å². The summed E-state index contributed by atoms with van der Waals surface area (Å²) in [6, 6.07) is 1.75. The number of nitrogens with zero attached hydrogens (tertiary/aromatic N) is 3. The van der Waals surface area contributed by atoms with Crippen LogP contribution in [0.5, 0.6) is 0 Å². The molecular weight excluding hydrogens is 194 g/mol. The average Bonchev–Trinajstić information content (AvgIpc) is 2.61. The lowest BCUT2D eigenvalue weighted by Crippen LogP contribution is -2.34. The topological polar surface area (TPSA) is 76.2 Å². The maximum atomic E-state index is 11.0. The fourth-order valence-corrected chi connectivity index (χ4v) is 1.18. The summed E-state index contributed by atoms with van der Waals surface area (Å²) in [5.41, 5.74) is 5.48. The van der Waals surface area contributed by atoms with Crippen molar-refractivity contribution in [3.63, 3.8) is 0 Å². The van der Waals surface area contributed by atoms with Gasteiger partial charge in [0.15, 0.2) is 0 Å². The molecule has 0 aliphatic heterocycles. The van der Waals surface area contributed by atoms with Crippen LogP contribution in [0.15, 0.2) is 12.3 Å². The molecule has 1 heterocycles. The van der Waals surface area contributed by atoms with Crippen LogP contribution in [0, 0.1) is 0 Å². The molecule has 0 fully saturated rings. The molecule has 0 radical (unpaired) electrons. The molecule has 6 nitrogen and oxygen atoms in total. The number of hydrogen-bond acceptors (Lipinski definition) is 4. The Morgan fingerprint density at radius 3 is 3.00 bits per heavy atom. The zero-order valence-electron chi connectivity index (χ0n) is 9.10. The number of aromatic nitrogens is 2. The first-order valence-corrected chi connectivity index (χ1v) is 4.80. The van der Waals surface area contributed by atoms with Gasteiger partial charge in [-0.3, -0.25) is 14.4 Å². The van der Waals surface area contributed by atoms with Crippen LogP contribution in [0.25, 0.3) is 0 Å². The van der Waals surface area contributed by atoms with Gasteiger partial charge in [-0.05, 0) is 13.1 Å². The maximum Gasteiger partial charge on any atom is 0.233 e. The van der Waals surface area contributed by atoms with E-state index in [0.717, 1.165) is 13.1 Å². The highest BCUT2D eigenvalue weighted by atomic mass is 16.1. The summed E-state index contributed by atoms with van der Waals surface area (Å²) in [4.78, 5) is 13.0. The Morgan fingerprint density at radius 1 is 1.73 bits per heavy atom. The number of carbonyl (C=O) groups excluding carboxylic acids is 1. The summed E-state index contributed by atoms with van der Waals surface area (Å²) in [6.07, 6.45) is 1.82. The van der Waals surface area contributed by atoms with Crippen LogP contribution in [0.1, 0.15) is 0 Å². The number of rotatable bonds is 5. The van der Waals surface area contributed by atoms with Gasteiger partial charge in [0.1, 0.15) is 5.82 Å². The van der Waals surface area contributed by atoms with Crippen molar-refractivity contribution in [2.75, 3.05) is 32.9 Å². The van der Waals surface area contributed by atoms with E-state index in [2.05, 4.69) is 10.4 Å². The largest absolute Gasteiger partial charge is 0.382 e. The molecule has 0 aliphatic carbocycles. The number of carbonyl (C=O) groups is 1. The summed E-state index contributed by atoms with van der Waals surface area (Å²) >= 11 is 0. The van der Waals surface area contributed by atoms with Crippen molar-refractivity contribution in [3.05, 3.63) is 12.3 Å². The van der Waals surface area contributed by atoms with Crippen LogP contribution in [0.3, 0.4) is 0 Å². The highest BCUT2D eigenvalue weighted by molar-refractivity contribution is 5.77. The second kappa shape index (κ2) is 5.35. The minimum Gasteiger partial charge on any atom is -0.382 e. The average molecular weight is 211 g/mol. The number of likely N-dealkylation sites (N-methyl/N-ethyl adjacent to an activating group) is 2. The Bertz CT molecular complexity index is 322. The molecule has 84 valence electrons. The number of hydrogen-bond donors (Lipinski definition) is 2. The van der Waals surface area contributed by atoms with Crippen molar-refractivity contribution in [2.24, 2.45) is 0 Å². The summed E-state index contributed by atoms with van der Waals surface area (Å²) in [5, 5.41) is 6.62. The minimum absolute atomic E-state index is 0.0116. The summed E-state index contributed by atoms with van der Waals surface area (Å²) in [6.45, 7) is 1.88. The smallest absolute Gasteiger partial charge is 0.233 e. The SMILES string of the molecule is CNC(=O)CN(C)CCn1ccc(N)n1. The summed E-state index contributed by atoms with van der Waals surface area (Å²) < 4.78 is 1.76. The lowest BCUT2D eigenvalue weighted by molar-refractivity contribution is -0.121. The highest BCUT2D eigenvalue weighted by Gasteiger charge is 2.04. The molecular formula is C9H17N5O. The molecule has 6 heteroatoms. The van der Waals surface area contributed by atoms with Gasteiger partial charge in [-0.25, -0.2) is 0 Å². The van der Waals surface area contributed by atoms with Crippen LogP contribution in [-0.2, 0) is 11.3 Å². The molecule has 0 bridgehead atoms. The molecule has 0 spiro atoms. The van der Waals surface area contributed by atoms with Crippen LogP contribution in [0.2, 0.25) is 0 Å².